The number of nitrogens with two attached hydrogens (primary N) is 2. The molecule has 4 rings (SSSR count). The van der Waals surface area contributed by atoms with E-state index in [2.05, 4.69) is 20.6 Å². The second-order valence-electron chi connectivity index (χ2n) is 7.41. The zero-order valence-corrected chi connectivity index (χ0v) is 17.6. The van der Waals surface area contributed by atoms with Crippen LogP contribution in [0.4, 0.5) is 28.8 Å². The third kappa shape index (κ3) is 4.09. The lowest BCUT2D eigenvalue weighted by Gasteiger charge is -2.11. The molecule has 8 nitrogen and oxygen atoms in total. The zero-order chi connectivity index (χ0) is 22.1. The normalized spacial score (nSPS) is 10.8. The molecule has 0 atom stereocenters. The highest BCUT2D eigenvalue weighted by Gasteiger charge is 2.13. The van der Waals surface area contributed by atoms with Gasteiger partial charge in [0, 0.05) is 34.1 Å². The Balaban J connectivity index is 1.60. The molecule has 2 heterocycles. The fourth-order valence-corrected chi connectivity index (χ4v) is 3.36. The van der Waals surface area contributed by atoms with Gasteiger partial charge in [0.15, 0.2) is 0 Å². The number of benzene rings is 2. The summed E-state index contributed by atoms with van der Waals surface area (Å²) in [6.07, 6.45) is 0. The number of fused-ring (bicyclic) bond motifs is 1. The lowest BCUT2D eigenvalue weighted by Crippen LogP contribution is -2.36. The van der Waals surface area contributed by atoms with E-state index < -0.39 is 0 Å². The van der Waals surface area contributed by atoms with E-state index in [4.69, 9.17) is 11.5 Å². The first-order valence-electron chi connectivity index (χ1n) is 9.79. The molecule has 0 aliphatic heterocycles. The quantitative estimate of drug-likeness (QED) is 0.380. The molecule has 0 radical (unpaired) electrons. The van der Waals surface area contributed by atoms with Crippen LogP contribution in [0.15, 0.2) is 54.6 Å². The Morgan fingerprint density at radius 2 is 1.77 bits per heavy atom. The van der Waals surface area contributed by atoms with Crippen LogP contribution in [0.3, 0.4) is 0 Å². The Hall–Kier alpha value is -4.20. The minimum Gasteiger partial charge on any atom is -0.398 e. The fourth-order valence-electron chi connectivity index (χ4n) is 3.36. The Labute approximate surface area is 179 Å². The molecule has 8 heteroatoms. The maximum Gasteiger partial charge on any atom is 0.391 e. The highest BCUT2D eigenvalue weighted by Crippen LogP contribution is 2.27. The third-order valence-electron chi connectivity index (χ3n) is 5.10. The first kappa shape index (κ1) is 20.1. The van der Waals surface area contributed by atoms with Crippen molar-refractivity contribution in [2.24, 2.45) is 7.05 Å². The van der Waals surface area contributed by atoms with Crippen LogP contribution >= 0.6 is 0 Å². The average molecular weight is 414 g/mol. The van der Waals surface area contributed by atoms with E-state index in [-0.39, 0.29) is 5.91 Å². The van der Waals surface area contributed by atoms with Gasteiger partial charge in [-0.3, -0.25) is 15.5 Å². The predicted octanol–water partition coefficient (Wildman–Crippen LogP) is 3.23. The van der Waals surface area contributed by atoms with E-state index in [0.29, 0.717) is 34.2 Å². The molecule has 31 heavy (non-hydrogen) atoms. The number of pyridine rings is 1. The van der Waals surface area contributed by atoms with Gasteiger partial charge in [0.1, 0.15) is 0 Å². The number of aryl methyl sites for hydroxylation is 2. The van der Waals surface area contributed by atoms with Crippen LogP contribution in [0.1, 0.15) is 21.7 Å². The topological polar surface area (TPSA) is 123 Å². The number of hydrogen-bond donors (Lipinski definition) is 4. The number of aromatic nitrogens is 3. The van der Waals surface area contributed by atoms with Crippen LogP contribution in [0, 0.1) is 13.8 Å². The molecule has 1 amide bonds. The number of hydrogen-bond acceptors (Lipinski definition) is 6. The highest BCUT2D eigenvalue weighted by atomic mass is 16.1. The summed E-state index contributed by atoms with van der Waals surface area (Å²) in [6.45, 7) is 3.81. The predicted molar refractivity (Wildman–Crippen MR) is 123 cm³/mol. The van der Waals surface area contributed by atoms with Crippen molar-refractivity contribution in [2.45, 2.75) is 13.8 Å². The minimum absolute atomic E-state index is 0.249. The summed E-state index contributed by atoms with van der Waals surface area (Å²) >= 11 is 0. The van der Waals surface area contributed by atoms with Crippen LogP contribution < -0.4 is 26.7 Å². The molecular formula is C23H24N7O+. The smallest absolute Gasteiger partial charge is 0.391 e. The van der Waals surface area contributed by atoms with Gasteiger partial charge in [-0.05, 0) is 44.2 Å². The van der Waals surface area contributed by atoms with Crippen LogP contribution in [-0.2, 0) is 7.05 Å². The van der Waals surface area contributed by atoms with Gasteiger partial charge in [-0.1, -0.05) is 23.2 Å². The van der Waals surface area contributed by atoms with Gasteiger partial charge >= 0.3 is 5.95 Å². The average Bonchev–Trinajstić information content (AvgIpc) is 2.72. The summed E-state index contributed by atoms with van der Waals surface area (Å²) in [6, 6.07) is 16.4. The standard InChI is InChI=1S/C23H23N7O/c1-13-10-18(24)17-8-5-9-19(21(17)26-13)28-22(31)15-6-4-7-16(12-15)27-20-11-14(2)30(3)23(25)29-20/h4-12H,1-3H3,(H5,24,25,26,27,28,29,31)/p+1. The molecule has 4 aromatic rings. The minimum atomic E-state index is -0.249. The monoisotopic (exact) mass is 414 g/mol. The summed E-state index contributed by atoms with van der Waals surface area (Å²) in [4.78, 5) is 21.8. The molecule has 2 aromatic carbocycles. The van der Waals surface area contributed by atoms with Crippen LogP contribution in [0.25, 0.3) is 10.9 Å². The van der Waals surface area contributed by atoms with Crippen molar-refractivity contribution < 1.29 is 9.36 Å². The molecule has 156 valence electrons. The Morgan fingerprint density at radius 1 is 1.00 bits per heavy atom. The van der Waals surface area contributed by atoms with E-state index in [1.807, 2.05) is 57.3 Å². The van der Waals surface area contributed by atoms with Crippen molar-refractivity contribution in [1.82, 2.24) is 9.97 Å². The van der Waals surface area contributed by atoms with Gasteiger partial charge in [-0.2, -0.15) is 0 Å². The molecule has 0 aliphatic carbocycles. The van der Waals surface area contributed by atoms with Crippen LogP contribution in [-0.4, -0.2) is 15.9 Å². The molecular weight excluding hydrogens is 390 g/mol. The number of nitrogens with one attached hydrogen (secondary N) is 2. The number of carbonyl (C=O) groups is 1. The van der Waals surface area contributed by atoms with Crippen LogP contribution in [0.2, 0.25) is 0 Å². The number of rotatable bonds is 4. The number of nitrogens with zero attached hydrogens (tertiary/aromatic N) is 3. The number of amides is 1. The highest BCUT2D eigenvalue weighted by molar-refractivity contribution is 6.10. The van der Waals surface area contributed by atoms with Crippen molar-refractivity contribution in [3.8, 4) is 0 Å². The zero-order valence-electron chi connectivity index (χ0n) is 17.6. The number of anilines is 5. The summed E-state index contributed by atoms with van der Waals surface area (Å²) in [5, 5.41) is 6.95. The molecule has 0 aliphatic rings. The van der Waals surface area contributed by atoms with Crippen molar-refractivity contribution in [2.75, 3.05) is 22.1 Å². The molecule has 0 fully saturated rings. The SMILES string of the molecule is Cc1cc(N)c2cccc(NC(=O)c3cccc(Nc4cc(C)[n+](C)c(N)n4)c3)c2n1. The molecule has 0 saturated carbocycles. The van der Waals surface area contributed by atoms with Gasteiger partial charge in [0.2, 0.25) is 5.82 Å². The largest absolute Gasteiger partial charge is 0.398 e. The number of carbonyl (C=O) groups excluding carboxylic acids is 1. The van der Waals surface area contributed by atoms with E-state index >= 15 is 0 Å². The summed E-state index contributed by atoms with van der Waals surface area (Å²) in [5.74, 6) is 0.755. The third-order valence-corrected chi connectivity index (χ3v) is 5.10. The molecule has 2 aromatic heterocycles. The van der Waals surface area contributed by atoms with E-state index in [1.54, 1.807) is 22.8 Å². The van der Waals surface area contributed by atoms with Gasteiger partial charge in [0.25, 0.3) is 5.91 Å². The lowest BCUT2D eigenvalue weighted by molar-refractivity contribution is -0.665. The van der Waals surface area contributed by atoms with E-state index in [0.717, 1.165) is 22.5 Å². The Morgan fingerprint density at radius 3 is 2.55 bits per heavy atom. The lowest BCUT2D eigenvalue weighted by atomic mass is 10.1. The second kappa shape index (κ2) is 7.91. The molecule has 0 unspecified atom stereocenters. The van der Waals surface area contributed by atoms with Gasteiger partial charge in [-0.25, -0.2) is 4.57 Å². The molecule has 0 saturated heterocycles. The number of nitrogen functional groups attached to an aromatic ring is 2. The molecule has 0 bridgehead atoms. The number of para-hydroxylation sites is 1. The van der Waals surface area contributed by atoms with Crippen molar-refractivity contribution in [3.05, 3.63) is 71.5 Å². The Kier molecular flexibility index (Phi) is 5.12. The summed E-state index contributed by atoms with van der Waals surface area (Å²) < 4.78 is 1.79. The maximum absolute atomic E-state index is 12.9. The van der Waals surface area contributed by atoms with Crippen molar-refractivity contribution >= 4 is 45.6 Å². The fraction of sp³-hybridized carbons (Fsp3) is 0.130. The first-order chi connectivity index (χ1) is 14.8. The summed E-state index contributed by atoms with van der Waals surface area (Å²) in [5.41, 5.74) is 16.9. The van der Waals surface area contributed by atoms with Gasteiger partial charge in [0.05, 0.1) is 23.9 Å². The second-order valence-corrected chi connectivity index (χ2v) is 7.41. The summed E-state index contributed by atoms with van der Waals surface area (Å²) in [7, 11) is 1.85. The maximum atomic E-state index is 12.9. The van der Waals surface area contributed by atoms with Crippen molar-refractivity contribution in [1.29, 1.82) is 0 Å². The molecule has 6 N–H and O–H groups in total. The van der Waals surface area contributed by atoms with Gasteiger partial charge in [-0.15, -0.1) is 0 Å². The van der Waals surface area contributed by atoms with Crippen LogP contribution in [0.5, 0.6) is 0 Å². The van der Waals surface area contributed by atoms with E-state index in [9.17, 15) is 4.79 Å². The van der Waals surface area contributed by atoms with E-state index in [1.165, 1.54) is 0 Å². The first-order valence-corrected chi connectivity index (χ1v) is 9.79. The van der Waals surface area contributed by atoms with Gasteiger partial charge < -0.3 is 16.4 Å². The molecule has 0 spiro atoms. The Bertz CT molecular complexity index is 1290. The van der Waals surface area contributed by atoms with Crippen molar-refractivity contribution in [3.63, 3.8) is 0 Å².